The Morgan fingerprint density at radius 3 is 2.60 bits per heavy atom. The number of nitrogens with two attached hydrogens (primary N) is 2. The second kappa shape index (κ2) is 8.11. The maximum atomic E-state index is 6.07. The molecule has 0 amide bonds. The van der Waals surface area contributed by atoms with Crippen LogP contribution in [0.5, 0.6) is 0 Å². The lowest BCUT2D eigenvalue weighted by Crippen LogP contribution is -2.09. The Morgan fingerprint density at radius 1 is 1.33 bits per heavy atom. The predicted octanol–water partition coefficient (Wildman–Crippen LogP) is 2.86. The quantitative estimate of drug-likeness (QED) is 0.761. The predicted molar refractivity (Wildman–Crippen MR) is 70.8 cm³/mol. The summed E-state index contributed by atoms with van der Waals surface area (Å²) < 4.78 is 0. The van der Waals surface area contributed by atoms with E-state index >= 15 is 0 Å². The average molecular weight is 249 g/mol. The standard InChI is InChI=1S/C11H20N2S.ClH/c1-2-9-6-7-11(14-9)10(13)5-3-4-8-12;/h6-7,10H,2-5,8,12-13H2,1H3;1H/t10-;/m1./s1. The number of unbranched alkanes of at least 4 members (excludes halogenated alkanes) is 1. The van der Waals surface area contributed by atoms with Crippen LogP contribution in [0.1, 0.15) is 42.0 Å². The molecule has 0 aromatic carbocycles. The van der Waals surface area contributed by atoms with Crippen LogP contribution in [0.2, 0.25) is 0 Å². The van der Waals surface area contributed by atoms with Crippen molar-refractivity contribution in [3.8, 4) is 0 Å². The fourth-order valence-electron chi connectivity index (χ4n) is 1.43. The Kier molecular flexibility index (Phi) is 8.06. The highest BCUT2D eigenvalue weighted by molar-refractivity contribution is 7.12. The Balaban J connectivity index is 0.00000196. The fourth-order valence-corrected chi connectivity index (χ4v) is 2.42. The van der Waals surface area contributed by atoms with E-state index in [2.05, 4.69) is 19.1 Å². The molecule has 4 N–H and O–H groups in total. The number of rotatable bonds is 6. The highest BCUT2D eigenvalue weighted by Crippen LogP contribution is 2.25. The van der Waals surface area contributed by atoms with Crippen molar-refractivity contribution in [1.82, 2.24) is 0 Å². The molecule has 0 aliphatic heterocycles. The number of hydrogen-bond acceptors (Lipinski definition) is 3. The van der Waals surface area contributed by atoms with Gasteiger partial charge in [-0.1, -0.05) is 13.3 Å². The number of halogens is 1. The summed E-state index contributed by atoms with van der Waals surface area (Å²) in [7, 11) is 0. The SMILES string of the molecule is CCc1ccc([C@H](N)CCCCN)s1.Cl. The molecule has 1 heterocycles. The third-order valence-corrected chi connectivity index (χ3v) is 3.73. The molecule has 15 heavy (non-hydrogen) atoms. The van der Waals surface area contributed by atoms with Crippen molar-refractivity contribution in [3.63, 3.8) is 0 Å². The van der Waals surface area contributed by atoms with Crippen LogP contribution in [0, 0.1) is 0 Å². The normalized spacial score (nSPS) is 12.2. The van der Waals surface area contributed by atoms with Crippen molar-refractivity contribution in [1.29, 1.82) is 0 Å². The largest absolute Gasteiger partial charge is 0.330 e. The van der Waals surface area contributed by atoms with Crippen molar-refractivity contribution in [2.75, 3.05) is 6.54 Å². The molecule has 1 aromatic rings. The Labute approximate surface area is 102 Å². The molecule has 0 aliphatic carbocycles. The molecular formula is C11H21ClN2S. The van der Waals surface area contributed by atoms with Crippen molar-refractivity contribution in [2.45, 2.75) is 38.6 Å². The Bertz CT molecular complexity index is 263. The van der Waals surface area contributed by atoms with Crippen LogP contribution < -0.4 is 11.5 Å². The van der Waals surface area contributed by atoms with E-state index in [1.807, 2.05) is 11.3 Å². The van der Waals surface area contributed by atoms with E-state index in [0.29, 0.717) is 0 Å². The molecule has 1 rings (SSSR count). The van der Waals surface area contributed by atoms with E-state index in [-0.39, 0.29) is 18.4 Å². The van der Waals surface area contributed by atoms with Crippen LogP contribution in [-0.2, 0) is 6.42 Å². The molecule has 0 radical (unpaired) electrons. The van der Waals surface area contributed by atoms with Gasteiger partial charge in [0.05, 0.1) is 0 Å². The molecule has 4 heteroatoms. The van der Waals surface area contributed by atoms with Crippen molar-refractivity contribution in [3.05, 3.63) is 21.9 Å². The average Bonchev–Trinajstić information content (AvgIpc) is 2.66. The van der Waals surface area contributed by atoms with Crippen LogP contribution in [0.15, 0.2) is 12.1 Å². The van der Waals surface area contributed by atoms with Gasteiger partial charge in [-0.15, -0.1) is 23.7 Å². The monoisotopic (exact) mass is 248 g/mol. The minimum Gasteiger partial charge on any atom is -0.330 e. The first kappa shape index (κ1) is 14.9. The van der Waals surface area contributed by atoms with Crippen molar-refractivity contribution < 1.29 is 0 Å². The lowest BCUT2D eigenvalue weighted by molar-refractivity contribution is 0.598. The van der Waals surface area contributed by atoms with Gasteiger partial charge in [0.15, 0.2) is 0 Å². The summed E-state index contributed by atoms with van der Waals surface area (Å²) in [5.41, 5.74) is 11.5. The van der Waals surface area contributed by atoms with Gasteiger partial charge < -0.3 is 11.5 Å². The number of thiophene rings is 1. The van der Waals surface area contributed by atoms with E-state index in [1.54, 1.807) is 0 Å². The lowest BCUT2D eigenvalue weighted by atomic mass is 10.1. The summed E-state index contributed by atoms with van der Waals surface area (Å²) in [6.07, 6.45) is 4.39. The van der Waals surface area contributed by atoms with E-state index < -0.39 is 0 Å². The summed E-state index contributed by atoms with van der Waals surface area (Å²) in [4.78, 5) is 2.74. The zero-order valence-corrected chi connectivity index (χ0v) is 10.9. The maximum Gasteiger partial charge on any atom is 0.0389 e. The Hall–Kier alpha value is -0.0900. The van der Waals surface area contributed by atoms with Crippen molar-refractivity contribution in [2.24, 2.45) is 11.5 Å². The fraction of sp³-hybridized carbons (Fsp3) is 0.636. The molecule has 0 spiro atoms. The smallest absolute Gasteiger partial charge is 0.0389 e. The summed E-state index contributed by atoms with van der Waals surface area (Å²) in [6, 6.07) is 4.56. The molecule has 0 aliphatic rings. The molecule has 0 bridgehead atoms. The van der Waals surface area contributed by atoms with Crippen LogP contribution in [0.3, 0.4) is 0 Å². The zero-order chi connectivity index (χ0) is 10.4. The summed E-state index contributed by atoms with van der Waals surface area (Å²) in [6.45, 7) is 2.95. The van der Waals surface area contributed by atoms with Crippen LogP contribution >= 0.6 is 23.7 Å². The first-order valence-electron chi connectivity index (χ1n) is 5.32. The van der Waals surface area contributed by atoms with Gasteiger partial charge in [0, 0.05) is 15.8 Å². The maximum absolute atomic E-state index is 6.07. The minimum absolute atomic E-state index is 0. The lowest BCUT2D eigenvalue weighted by Gasteiger charge is -2.08. The second-order valence-electron chi connectivity index (χ2n) is 3.55. The van der Waals surface area contributed by atoms with Gasteiger partial charge in [-0.25, -0.2) is 0 Å². The molecule has 0 fully saturated rings. The van der Waals surface area contributed by atoms with E-state index in [4.69, 9.17) is 11.5 Å². The molecule has 0 unspecified atom stereocenters. The Morgan fingerprint density at radius 2 is 2.07 bits per heavy atom. The third kappa shape index (κ3) is 4.98. The third-order valence-electron chi connectivity index (χ3n) is 2.37. The van der Waals surface area contributed by atoms with Crippen LogP contribution in [-0.4, -0.2) is 6.54 Å². The van der Waals surface area contributed by atoms with Gasteiger partial charge in [-0.3, -0.25) is 0 Å². The van der Waals surface area contributed by atoms with Gasteiger partial charge >= 0.3 is 0 Å². The van der Waals surface area contributed by atoms with Gasteiger partial charge in [-0.05, 0) is 37.9 Å². The van der Waals surface area contributed by atoms with Gasteiger partial charge in [-0.2, -0.15) is 0 Å². The highest BCUT2D eigenvalue weighted by Gasteiger charge is 2.07. The zero-order valence-electron chi connectivity index (χ0n) is 9.24. The summed E-state index contributed by atoms with van der Waals surface area (Å²) >= 11 is 1.84. The van der Waals surface area contributed by atoms with E-state index in [0.717, 1.165) is 32.2 Å². The first-order valence-corrected chi connectivity index (χ1v) is 6.13. The van der Waals surface area contributed by atoms with Crippen LogP contribution in [0.4, 0.5) is 0 Å². The number of hydrogen-bond donors (Lipinski definition) is 2. The summed E-state index contributed by atoms with van der Waals surface area (Å²) in [5.74, 6) is 0. The molecule has 0 saturated carbocycles. The molecule has 1 aromatic heterocycles. The van der Waals surface area contributed by atoms with Gasteiger partial charge in [0.25, 0.3) is 0 Å². The van der Waals surface area contributed by atoms with Gasteiger partial charge in [0.1, 0.15) is 0 Å². The topological polar surface area (TPSA) is 52.0 Å². The molecular weight excluding hydrogens is 228 g/mol. The molecule has 1 atom stereocenters. The van der Waals surface area contributed by atoms with Crippen LogP contribution in [0.25, 0.3) is 0 Å². The summed E-state index contributed by atoms with van der Waals surface area (Å²) in [5, 5.41) is 0. The number of aryl methyl sites for hydroxylation is 1. The highest BCUT2D eigenvalue weighted by atomic mass is 35.5. The minimum atomic E-state index is 0. The first-order chi connectivity index (χ1) is 6.77. The second-order valence-corrected chi connectivity index (χ2v) is 4.75. The van der Waals surface area contributed by atoms with Crippen molar-refractivity contribution >= 4 is 23.7 Å². The van der Waals surface area contributed by atoms with E-state index in [9.17, 15) is 0 Å². The van der Waals surface area contributed by atoms with E-state index in [1.165, 1.54) is 9.75 Å². The molecule has 2 nitrogen and oxygen atoms in total. The molecule has 88 valence electrons. The van der Waals surface area contributed by atoms with Gasteiger partial charge in [0.2, 0.25) is 0 Å². The molecule has 0 saturated heterocycles.